The average molecular weight is 262 g/mol. The summed E-state index contributed by atoms with van der Waals surface area (Å²) in [4.78, 5) is 2.07. The molecule has 2 N–H and O–H groups in total. The number of furan rings is 1. The fourth-order valence-electron chi connectivity index (χ4n) is 2.18. The number of hydrogen-bond donors (Lipinski definition) is 1. The lowest BCUT2D eigenvalue weighted by Crippen LogP contribution is -2.22. The summed E-state index contributed by atoms with van der Waals surface area (Å²) in [5.74, 6) is -0.226. The Balaban J connectivity index is 2.22. The third kappa shape index (κ3) is 3.58. The van der Waals surface area contributed by atoms with Crippen LogP contribution >= 0.6 is 0 Å². The van der Waals surface area contributed by atoms with Crippen LogP contribution < -0.4 is 10.6 Å². The maximum absolute atomic E-state index is 13.4. The first-order valence-corrected chi connectivity index (χ1v) is 6.32. The molecule has 0 saturated carbocycles. The molecule has 0 amide bonds. The average Bonchev–Trinajstić information content (AvgIpc) is 2.80. The molecule has 3 nitrogen and oxygen atoms in total. The van der Waals surface area contributed by atoms with Crippen molar-refractivity contribution in [3.63, 3.8) is 0 Å². The largest absolute Gasteiger partial charge is 0.472 e. The second-order valence-electron chi connectivity index (χ2n) is 4.94. The zero-order chi connectivity index (χ0) is 13.8. The molecule has 0 radical (unpaired) electrons. The lowest BCUT2D eigenvalue weighted by molar-refractivity contribution is 0.563. The molecule has 0 fully saturated rings. The van der Waals surface area contributed by atoms with Gasteiger partial charge in [-0.15, -0.1) is 0 Å². The zero-order valence-electron chi connectivity index (χ0n) is 11.3. The van der Waals surface area contributed by atoms with Gasteiger partial charge in [-0.1, -0.05) is 0 Å². The van der Waals surface area contributed by atoms with E-state index in [1.807, 2.05) is 20.0 Å². The molecule has 102 valence electrons. The van der Waals surface area contributed by atoms with Gasteiger partial charge in [0.1, 0.15) is 5.82 Å². The van der Waals surface area contributed by atoms with Crippen LogP contribution in [0.3, 0.4) is 0 Å². The van der Waals surface area contributed by atoms with Gasteiger partial charge in [0.25, 0.3) is 0 Å². The monoisotopic (exact) mass is 262 g/mol. The van der Waals surface area contributed by atoms with E-state index in [0.717, 1.165) is 16.8 Å². The fourth-order valence-corrected chi connectivity index (χ4v) is 2.18. The van der Waals surface area contributed by atoms with Crippen molar-refractivity contribution in [3.8, 4) is 0 Å². The number of hydrogen-bond acceptors (Lipinski definition) is 3. The predicted octanol–water partition coefficient (Wildman–Crippen LogP) is 2.94. The van der Waals surface area contributed by atoms with Crippen LogP contribution in [0, 0.1) is 5.82 Å². The molecule has 0 bridgehead atoms. The number of anilines is 1. The minimum atomic E-state index is -0.226. The molecular formula is C15H19FN2O. The van der Waals surface area contributed by atoms with Crippen molar-refractivity contribution in [3.05, 3.63) is 53.7 Å². The van der Waals surface area contributed by atoms with Gasteiger partial charge in [-0.2, -0.15) is 0 Å². The molecule has 2 aromatic rings. The Morgan fingerprint density at radius 2 is 2.16 bits per heavy atom. The van der Waals surface area contributed by atoms with E-state index in [0.29, 0.717) is 13.0 Å². The molecule has 0 aliphatic rings. The molecule has 0 aliphatic carbocycles. The molecule has 0 aliphatic heterocycles. The van der Waals surface area contributed by atoms with E-state index in [4.69, 9.17) is 10.2 Å². The van der Waals surface area contributed by atoms with Gasteiger partial charge in [-0.3, -0.25) is 0 Å². The summed E-state index contributed by atoms with van der Waals surface area (Å²) >= 11 is 0. The molecule has 4 heteroatoms. The predicted molar refractivity (Wildman–Crippen MR) is 74.6 cm³/mol. The van der Waals surface area contributed by atoms with Crippen LogP contribution in [0.2, 0.25) is 0 Å². The van der Waals surface area contributed by atoms with Gasteiger partial charge in [-0.25, -0.2) is 4.39 Å². The number of halogens is 1. The van der Waals surface area contributed by atoms with E-state index < -0.39 is 0 Å². The molecule has 0 saturated heterocycles. The third-order valence-corrected chi connectivity index (χ3v) is 2.99. The molecule has 19 heavy (non-hydrogen) atoms. The third-order valence-electron chi connectivity index (χ3n) is 2.99. The molecule has 0 spiro atoms. The van der Waals surface area contributed by atoms with Gasteiger partial charge in [0.2, 0.25) is 0 Å². The molecule has 1 heterocycles. The van der Waals surface area contributed by atoms with Crippen molar-refractivity contribution >= 4 is 5.69 Å². The van der Waals surface area contributed by atoms with E-state index in [1.54, 1.807) is 24.7 Å². The highest BCUT2D eigenvalue weighted by Gasteiger charge is 2.11. The van der Waals surface area contributed by atoms with Gasteiger partial charge in [-0.05, 0) is 43.2 Å². The Kier molecular flexibility index (Phi) is 4.22. The standard InChI is InChI=1S/C15H19FN2O/c1-11(17)7-13-8-14(16)3-4-15(13)18(2)9-12-5-6-19-10-12/h3-6,8,10-11H,7,9,17H2,1-2H3. The molecule has 2 rings (SSSR count). The first kappa shape index (κ1) is 13.6. The molecule has 1 atom stereocenters. The van der Waals surface area contributed by atoms with Crippen molar-refractivity contribution in [2.24, 2.45) is 5.73 Å². The molecule has 1 unspecified atom stereocenters. The van der Waals surface area contributed by atoms with E-state index in [9.17, 15) is 4.39 Å². The topological polar surface area (TPSA) is 42.4 Å². The summed E-state index contributed by atoms with van der Waals surface area (Å²) in [5, 5.41) is 0. The summed E-state index contributed by atoms with van der Waals surface area (Å²) in [7, 11) is 1.98. The van der Waals surface area contributed by atoms with E-state index in [2.05, 4.69) is 4.90 Å². The highest BCUT2D eigenvalue weighted by Crippen LogP contribution is 2.23. The SMILES string of the molecule is CC(N)Cc1cc(F)ccc1N(C)Cc1ccoc1. The van der Waals surface area contributed by atoms with Gasteiger partial charge in [0.05, 0.1) is 12.5 Å². The number of benzene rings is 1. The lowest BCUT2D eigenvalue weighted by Gasteiger charge is -2.22. The minimum Gasteiger partial charge on any atom is -0.472 e. The van der Waals surface area contributed by atoms with Crippen LogP contribution in [-0.2, 0) is 13.0 Å². The van der Waals surface area contributed by atoms with Gasteiger partial charge < -0.3 is 15.1 Å². The van der Waals surface area contributed by atoms with Crippen molar-refractivity contribution in [2.45, 2.75) is 25.9 Å². The van der Waals surface area contributed by atoms with Crippen LogP contribution in [-0.4, -0.2) is 13.1 Å². The maximum Gasteiger partial charge on any atom is 0.123 e. The van der Waals surface area contributed by atoms with Gasteiger partial charge in [0.15, 0.2) is 0 Å². The zero-order valence-corrected chi connectivity index (χ0v) is 11.3. The van der Waals surface area contributed by atoms with Crippen molar-refractivity contribution in [2.75, 3.05) is 11.9 Å². The van der Waals surface area contributed by atoms with Crippen LogP contribution in [0.5, 0.6) is 0 Å². The Bertz CT molecular complexity index is 523. The van der Waals surface area contributed by atoms with E-state index in [1.165, 1.54) is 6.07 Å². The second-order valence-corrected chi connectivity index (χ2v) is 4.94. The number of nitrogens with zero attached hydrogens (tertiary/aromatic N) is 1. The normalized spacial score (nSPS) is 12.4. The Hall–Kier alpha value is -1.81. The number of rotatable bonds is 5. The summed E-state index contributed by atoms with van der Waals surface area (Å²) in [6.07, 6.45) is 4.02. The van der Waals surface area contributed by atoms with E-state index >= 15 is 0 Å². The summed E-state index contributed by atoms with van der Waals surface area (Å²) < 4.78 is 18.4. The van der Waals surface area contributed by atoms with Crippen molar-refractivity contribution in [1.82, 2.24) is 0 Å². The van der Waals surface area contributed by atoms with Crippen LogP contribution in [0.25, 0.3) is 0 Å². The highest BCUT2D eigenvalue weighted by molar-refractivity contribution is 5.54. The summed E-state index contributed by atoms with van der Waals surface area (Å²) in [6.45, 7) is 2.64. The van der Waals surface area contributed by atoms with Gasteiger partial charge in [0, 0.05) is 30.9 Å². The fraction of sp³-hybridized carbons (Fsp3) is 0.333. The van der Waals surface area contributed by atoms with Crippen LogP contribution in [0.15, 0.2) is 41.2 Å². The second kappa shape index (κ2) is 5.89. The molecule has 1 aromatic carbocycles. The lowest BCUT2D eigenvalue weighted by atomic mass is 10.0. The van der Waals surface area contributed by atoms with E-state index in [-0.39, 0.29) is 11.9 Å². The summed E-state index contributed by atoms with van der Waals surface area (Å²) in [5.41, 5.74) is 8.84. The van der Waals surface area contributed by atoms with Gasteiger partial charge >= 0.3 is 0 Å². The highest BCUT2D eigenvalue weighted by atomic mass is 19.1. The van der Waals surface area contributed by atoms with Crippen LogP contribution in [0.1, 0.15) is 18.1 Å². The quantitative estimate of drug-likeness (QED) is 0.900. The summed E-state index contributed by atoms with van der Waals surface area (Å²) in [6, 6.07) is 6.76. The van der Waals surface area contributed by atoms with Crippen molar-refractivity contribution in [1.29, 1.82) is 0 Å². The Morgan fingerprint density at radius 3 is 2.79 bits per heavy atom. The maximum atomic E-state index is 13.4. The minimum absolute atomic E-state index is 0.00266. The smallest absolute Gasteiger partial charge is 0.123 e. The van der Waals surface area contributed by atoms with Crippen LogP contribution in [0.4, 0.5) is 10.1 Å². The van der Waals surface area contributed by atoms with Crippen molar-refractivity contribution < 1.29 is 8.81 Å². The first-order valence-electron chi connectivity index (χ1n) is 6.32. The Labute approximate surface area is 112 Å². The molecular weight excluding hydrogens is 243 g/mol. The first-order chi connectivity index (χ1) is 9.06. The number of nitrogens with two attached hydrogens (primary N) is 1. The molecule has 1 aromatic heterocycles. The Morgan fingerprint density at radius 1 is 1.37 bits per heavy atom.